The smallest absolute Gasteiger partial charge is 0.421 e. The van der Waals surface area contributed by atoms with E-state index in [1.807, 2.05) is 0 Å². The quantitative estimate of drug-likeness (QED) is 0.360. The Kier molecular flexibility index (Phi) is 6.03. The van der Waals surface area contributed by atoms with Crippen molar-refractivity contribution in [1.82, 2.24) is 15.0 Å². The first kappa shape index (κ1) is 22.3. The molecule has 33 heavy (non-hydrogen) atoms. The molecule has 0 atom stereocenters. The summed E-state index contributed by atoms with van der Waals surface area (Å²) in [5.41, 5.74) is -1.05. The summed E-state index contributed by atoms with van der Waals surface area (Å²) in [5.74, 6) is -2.94. The van der Waals surface area contributed by atoms with Crippen LogP contribution in [0.3, 0.4) is 0 Å². The molecule has 0 amide bonds. The highest BCUT2D eigenvalue weighted by Crippen LogP contribution is 2.36. The van der Waals surface area contributed by atoms with Gasteiger partial charge in [0.25, 0.3) is 0 Å². The number of aromatic nitrogens is 3. The number of rotatable bonds is 6. The molecule has 11 heteroatoms. The molecule has 0 fully saturated rings. The average molecular weight is 464 g/mol. The van der Waals surface area contributed by atoms with Crippen LogP contribution < -0.4 is 10.1 Å². The molecule has 5 nitrogen and oxygen atoms in total. The summed E-state index contributed by atoms with van der Waals surface area (Å²) in [4.78, 5) is 11.2. The van der Waals surface area contributed by atoms with Gasteiger partial charge in [-0.3, -0.25) is 0 Å². The fraction of sp³-hybridized carbons (Fsp3) is 0.136. The summed E-state index contributed by atoms with van der Waals surface area (Å²) in [6.45, 7) is 0.109. The molecular weight excluding hydrogens is 450 g/mol. The number of pyridine rings is 1. The molecule has 4 rings (SSSR count). The average Bonchev–Trinajstić information content (AvgIpc) is 2.77. The highest BCUT2D eigenvalue weighted by atomic mass is 19.4. The zero-order chi connectivity index (χ0) is 23.6. The van der Waals surface area contributed by atoms with Crippen molar-refractivity contribution in [2.24, 2.45) is 0 Å². The Labute approximate surface area is 183 Å². The van der Waals surface area contributed by atoms with E-state index in [0.29, 0.717) is 0 Å². The van der Waals surface area contributed by atoms with E-state index in [2.05, 4.69) is 20.3 Å². The Balaban J connectivity index is 1.47. The molecule has 0 aliphatic carbocycles. The second kappa shape index (κ2) is 8.93. The topological polar surface area (TPSA) is 59.9 Å². The van der Waals surface area contributed by atoms with Gasteiger partial charge < -0.3 is 10.1 Å². The fourth-order valence-corrected chi connectivity index (χ4v) is 3.14. The largest absolute Gasteiger partial charge is 0.438 e. The first-order valence-electron chi connectivity index (χ1n) is 9.55. The number of ether oxygens (including phenoxy) is 1. The number of nitrogens with one attached hydrogen (secondary N) is 1. The van der Waals surface area contributed by atoms with Crippen molar-refractivity contribution < 1.29 is 31.1 Å². The van der Waals surface area contributed by atoms with Crippen molar-refractivity contribution in [2.75, 3.05) is 11.9 Å². The van der Waals surface area contributed by atoms with Gasteiger partial charge in [0.05, 0.1) is 5.39 Å². The second-order valence-corrected chi connectivity index (χ2v) is 6.86. The molecule has 0 spiro atoms. The van der Waals surface area contributed by atoms with Gasteiger partial charge in [0, 0.05) is 18.8 Å². The van der Waals surface area contributed by atoms with Crippen molar-refractivity contribution in [3.63, 3.8) is 0 Å². The lowest BCUT2D eigenvalue weighted by Gasteiger charge is -2.13. The van der Waals surface area contributed by atoms with Crippen molar-refractivity contribution in [2.45, 2.75) is 12.6 Å². The normalized spacial score (nSPS) is 11.6. The van der Waals surface area contributed by atoms with Crippen molar-refractivity contribution in [1.29, 1.82) is 0 Å². The molecule has 2 aromatic carbocycles. The third-order valence-electron chi connectivity index (χ3n) is 4.69. The molecular formula is C22H14F6N4O. The minimum Gasteiger partial charge on any atom is -0.438 e. The Bertz CT molecular complexity index is 1310. The van der Waals surface area contributed by atoms with Gasteiger partial charge in [0.15, 0.2) is 0 Å². The fourth-order valence-electron chi connectivity index (χ4n) is 3.14. The van der Waals surface area contributed by atoms with E-state index in [9.17, 15) is 26.3 Å². The van der Waals surface area contributed by atoms with Gasteiger partial charge in [0.1, 0.15) is 46.4 Å². The molecule has 4 aromatic rings. The highest BCUT2D eigenvalue weighted by molar-refractivity contribution is 5.89. The van der Waals surface area contributed by atoms with Crippen LogP contribution in [-0.4, -0.2) is 21.5 Å². The summed E-state index contributed by atoms with van der Waals surface area (Å²) < 4.78 is 86.8. The lowest BCUT2D eigenvalue weighted by molar-refractivity contribution is -0.138. The van der Waals surface area contributed by atoms with E-state index in [4.69, 9.17) is 4.74 Å². The number of hydrogen-bond acceptors (Lipinski definition) is 5. The highest BCUT2D eigenvalue weighted by Gasteiger charge is 2.35. The molecule has 1 N–H and O–H groups in total. The molecule has 0 saturated heterocycles. The van der Waals surface area contributed by atoms with E-state index in [1.165, 1.54) is 12.1 Å². The van der Waals surface area contributed by atoms with Crippen LogP contribution in [0, 0.1) is 17.5 Å². The van der Waals surface area contributed by atoms with E-state index >= 15 is 0 Å². The van der Waals surface area contributed by atoms with Gasteiger partial charge in [-0.1, -0.05) is 6.07 Å². The Morgan fingerprint density at radius 2 is 1.67 bits per heavy atom. The molecule has 0 aliphatic rings. The van der Waals surface area contributed by atoms with Crippen LogP contribution >= 0.6 is 0 Å². The lowest BCUT2D eigenvalue weighted by Crippen LogP contribution is -2.09. The molecule has 0 bridgehead atoms. The zero-order valence-electron chi connectivity index (χ0n) is 16.6. The predicted molar refractivity (Wildman–Crippen MR) is 107 cm³/mol. The van der Waals surface area contributed by atoms with E-state index in [1.54, 1.807) is 0 Å². The minimum atomic E-state index is -4.68. The number of alkyl halides is 3. The van der Waals surface area contributed by atoms with Gasteiger partial charge in [-0.2, -0.15) is 13.2 Å². The molecule has 170 valence electrons. The number of fused-ring (bicyclic) bond motifs is 1. The van der Waals surface area contributed by atoms with Gasteiger partial charge in [-0.05, 0) is 42.3 Å². The van der Waals surface area contributed by atoms with E-state index in [-0.39, 0.29) is 41.0 Å². The van der Waals surface area contributed by atoms with Crippen LogP contribution in [0.15, 0.2) is 55.0 Å². The molecule has 0 radical (unpaired) electrons. The maximum absolute atomic E-state index is 14.5. The van der Waals surface area contributed by atoms with Crippen LogP contribution in [0.5, 0.6) is 11.6 Å². The van der Waals surface area contributed by atoms with Crippen LogP contribution in [0.25, 0.3) is 10.9 Å². The summed E-state index contributed by atoms with van der Waals surface area (Å²) in [5, 5.41) is 2.69. The Morgan fingerprint density at radius 3 is 2.42 bits per heavy atom. The van der Waals surface area contributed by atoms with Crippen molar-refractivity contribution in [3.8, 4) is 11.6 Å². The Hall–Kier alpha value is -3.89. The van der Waals surface area contributed by atoms with Crippen LogP contribution in [-0.2, 0) is 12.6 Å². The zero-order valence-corrected chi connectivity index (χ0v) is 16.6. The first-order valence-corrected chi connectivity index (χ1v) is 9.55. The molecule has 2 aromatic heterocycles. The van der Waals surface area contributed by atoms with Crippen LogP contribution in [0.4, 0.5) is 32.2 Å². The SMILES string of the molecule is Fc1cc(Oc2ncccc2C(F)(F)F)ccc1CCNc1ncnc2c(F)ccc(F)c12. The Morgan fingerprint density at radius 1 is 0.879 bits per heavy atom. The maximum atomic E-state index is 14.5. The number of nitrogens with zero attached hydrogens (tertiary/aromatic N) is 3. The van der Waals surface area contributed by atoms with Crippen molar-refractivity contribution >= 4 is 16.7 Å². The van der Waals surface area contributed by atoms with Gasteiger partial charge in [0.2, 0.25) is 5.88 Å². The van der Waals surface area contributed by atoms with E-state index < -0.39 is 35.1 Å². The third kappa shape index (κ3) is 4.81. The van der Waals surface area contributed by atoms with E-state index in [0.717, 1.165) is 42.9 Å². The monoisotopic (exact) mass is 464 g/mol. The summed E-state index contributed by atoms with van der Waals surface area (Å²) in [6, 6.07) is 7.44. The first-order chi connectivity index (χ1) is 15.7. The summed E-state index contributed by atoms with van der Waals surface area (Å²) in [6.07, 6.45) is -2.35. The molecule has 0 aliphatic heterocycles. The van der Waals surface area contributed by atoms with Crippen molar-refractivity contribution in [3.05, 3.63) is 83.6 Å². The minimum absolute atomic E-state index is 0.0483. The maximum Gasteiger partial charge on any atom is 0.421 e. The number of benzene rings is 2. The molecule has 2 heterocycles. The molecule has 0 saturated carbocycles. The van der Waals surface area contributed by atoms with Gasteiger partial charge >= 0.3 is 6.18 Å². The van der Waals surface area contributed by atoms with Crippen LogP contribution in [0.1, 0.15) is 11.1 Å². The summed E-state index contributed by atoms with van der Waals surface area (Å²) >= 11 is 0. The number of hydrogen-bond donors (Lipinski definition) is 1. The van der Waals surface area contributed by atoms with Gasteiger partial charge in [-0.15, -0.1) is 0 Å². The predicted octanol–water partition coefficient (Wildman–Crippen LogP) is 5.91. The summed E-state index contributed by atoms with van der Waals surface area (Å²) in [7, 11) is 0. The number of anilines is 1. The lowest BCUT2D eigenvalue weighted by atomic mass is 10.1. The third-order valence-corrected chi connectivity index (χ3v) is 4.69. The van der Waals surface area contributed by atoms with Gasteiger partial charge in [-0.25, -0.2) is 28.1 Å². The number of halogens is 6. The second-order valence-electron chi connectivity index (χ2n) is 6.86. The van der Waals surface area contributed by atoms with Crippen LogP contribution in [0.2, 0.25) is 0 Å². The molecule has 0 unspecified atom stereocenters. The standard InChI is InChI=1S/C22H14F6N4O/c23-15-5-6-16(24)19-18(15)20(32-11-31-19)29-9-7-12-3-4-13(10-17(12)25)33-21-14(22(26,27)28)2-1-8-30-21/h1-6,8,10-11H,7,9H2,(H,29,31,32).